The summed E-state index contributed by atoms with van der Waals surface area (Å²) in [7, 11) is -3.73. The molecule has 0 saturated heterocycles. The molecular weight excluding hydrogens is 449 g/mol. The summed E-state index contributed by atoms with van der Waals surface area (Å²) in [5.74, 6) is -0.810. The lowest BCUT2D eigenvalue weighted by Gasteiger charge is -2.08. The van der Waals surface area contributed by atoms with E-state index in [4.69, 9.17) is 0 Å². The first-order valence-corrected chi connectivity index (χ1v) is 12.1. The number of nitrogens with zero attached hydrogens (tertiary/aromatic N) is 2. The summed E-state index contributed by atoms with van der Waals surface area (Å²) in [6, 6.07) is 17.1. The maximum atomic E-state index is 13.5. The maximum absolute atomic E-state index is 13.5. The molecule has 0 saturated carbocycles. The zero-order valence-corrected chi connectivity index (χ0v) is 19.0. The standard InChI is InChI=1S/C23H20FN3O3S2/c1-3-27-20-13-8-17(24)14-21(20)31-23(27)25-22(28)16-6-9-18(10-7-16)26-32(29,30)19-11-4-15(2)5-12-19/h4-14,26H,3H2,1-2H3. The Bertz CT molecular complexity index is 1470. The number of aromatic nitrogens is 1. The van der Waals surface area contributed by atoms with Gasteiger partial charge in [-0.25, -0.2) is 12.8 Å². The van der Waals surface area contributed by atoms with Crippen molar-refractivity contribution in [2.45, 2.75) is 25.3 Å². The van der Waals surface area contributed by atoms with Crippen LogP contribution in [0, 0.1) is 12.7 Å². The molecule has 0 fully saturated rings. The predicted octanol–water partition coefficient (Wildman–Crippen LogP) is 4.71. The normalized spacial score (nSPS) is 12.3. The highest BCUT2D eigenvalue weighted by Crippen LogP contribution is 2.20. The van der Waals surface area contributed by atoms with E-state index < -0.39 is 15.9 Å². The van der Waals surface area contributed by atoms with E-state index in [0.29, 0.717) is 27.3 Å². The van der Waals surface area contributed by atoms with Crippen molar-refractivity contribution < 1.29 is 17.6 Å². The zero-order valence-electron chi connectivity index (χ0n) is 17.4. The van der Waals surface area contributed by atoms with Crippen molar-refractivity contribution in [2.24, 2.45) is 4.99 Å². The first kappa shape index (κ1) is 21.9. The van der Waals surface area contributed by atoms with Gasteiger partial charge in [-0.15, -0.1) is 0 Å². The molecule has 0 spiro atoms. The Labute approximate surface area is 188 Å². The number of carbonyl (C=O) groups is 1. The predicted molar refractivity (Wildman–Crippen MR) is 124 cm³/mol. The van der Waals surface area contributed by atoms with Gasteiger partial charge in [0.05, 0.1) is 15.1 Å². The average Bonchev–Trinajstić information content (AvgIpc) is 3.10. The van der Waals surface area contributed by atoms with Gasteiger partial charge in [-0.1, -0.05) is 29.0 Å². The van der Waals surface area contributed by atoms with Gasteiger partial charge in [0, 0.05) is 17.8 Å². The lowest BCUT2D eigenvalue weighted by molar-refractivity contribution is 0.0998. The zero-order chi connectivity index (χ0) is 22.9. The van der Waals surface area contributed by atoms with Gasteiger partial charge in [0.15, 0.2) is 4.80 Å². The molecule has 9 heteroatoms. The van der Waals surface area contributed by atoms with E-state index in [2.05, 4.69) is 9.71 Å². The number of benzene rings is 3. The second-order valence-corrected chi connectivity index (χ2v) is 9.85. The fourth-order valence-electron chi connectivity index (χ4n) is 3.20. The summed E-state index contributed by atoms with van der Waals surface area (Å²) in [5, 5.41) is 0. The third kappa shape index (κ3) is 4.49. The monoisotopic (exact) mass is 469 g/mol. The van der Waals surface area contributed by atoms with Gasteiger partial charge < -0.3 is 4.57 Å². The number of sulfonamides is 1. The highest BCUT2D eigenvalue weighted by atomic mass is 32.2. The third-order valence-corrected chi connectivity index (χ3v) is 7.31. The fourth-order valence-corrected chi connectivity index (χ4v) is 5.38. The van der Waals surface area contributed by atoms with E-state index >= 15 is 0 Å². The molecule has 0 aliphatic rings. The lowest BCUT2D eigenvalue weighted by atomic mass is 10.2. The van der Waals surface area contributed by atoms with Crippen LogP contribution in [0.3, 0.4) is 0 Å². The molecule has 0 bridgehead atoms. The van der Waals surface area contributed by atoms with Crippen molar-refractivity contribution in [3.05, 3.63) is 88.5 Å². The van der Waals surface area contributed by atoms with Crippen LogP contribution in [0.1, 0.15) is 22.8 Å². The highest BCUT2D eigenvalue weighted by molar-refractivity contribution is 7.92. The summed E-state index contributed by atoms with van der Waals surface area (Å²) in [6.07, 6.45) is 0. The molecule has 0 unspecified atom stereocenters. The summed E-state index contributed by atoms with van der Waals surface area (Å²) >= 11 is 1.24. The molecule has 0 radical (unpaired) electrons. The fraction of sp³-hybridized carbons (Fsp3) is 0.130. The number of amides is 1. The smallest absolute Gasteiger partial charge is 0.279 e. The summed E-state index contributed by atoms with van der Waals surface area (Å²) in [4.78, 5) is 17.5. The molecule has 164 valence electrons. The van der Waals surface area contributed by atoms with Crippen LogP contribution in [0.25, 0.3) is 10.2 Å². The molecule has 1 aromatic heterocycles. The van der Waals surface area contributed by atoms with E-state index in [-0.39, 0.29) is 10.7 Å². The van der Waals surface area contributed by atoms with Crippen molar-refractivity contribution >= 4 is 43.2 Å². The highest BCUT2D eigenvalue weighted by Gasteiger charge is 2.14. The van der Waals surface area contributed by atoms with Crippen molar-refractivity contribution in [3.63, 3.8) is 0 Å². The van der Waals surface area contributed by atoms with E-state index in [0.717, 1.165) is 11.1 Å². The maximum Gasteiger partial charge on any atom is 0.279 e. The molecule has 0 atom stereocenters. The largest absolute Gasteiger partial charge is 0.317 e. The molecular formula is C23H20FN3O3S2. The number of aryl methyl sites for hydroxylation is 2. The second kappa shape index (κ2) is 8.68. The van der Waals surface area contributed by atoms with Gasteiger partial charge in [-0.05, 0) is 68.4 Å². The number of nitrogens with one attached hydrogen (secondary N) is 1. The van der Waals surface area contributed by atoms with Crippen LogP contribution in [0.4, 0.5) is 10.1 Å². The van der Waals surface area contributed by atoms with E-state index in [9.17, 15) is 17.6 Å². The van der Waals surface area contributed by atoms with Gasteiger partial charge >= 0.3 is 0 Å². The van der Waals surface area contributed by atoms with E-state index in [1.54, 1.807) is 18.2 Å². The van der Waals surface area contributed by atoms with Crippen molar-refractivity contribution in [3.8, 4) is 0 Å². The molecule has 4 aromatic rings. The van der Waals surface area contributed by atoms with Gasteiger partial charge in [0.1, 0.15) is 5.82 Å². The van der Waals surface area contributed by atoms with Crippen LogP contribution in [0.15, 0.2) is 76.6 Å². The number of carbonyl (C=O) groups excluding carboxylic acids is 1. The average molecular weight is 470 g/mol. The number of anilines is 1. The second-order valence-electron chi connectivity index (χ2n) is 7.15. The third-order valence-electron chi connectivity index (χ3n) is 4.87. The minimum atomic E-state index is -3.73. The minimum absolute atomic E-state index is 0.156. The quantitative estimate of drug-likeness (QED) is 0.460. The van der Waals surface area contributed by atoms with Crippen molar-refractivity contribution in [2.75, 3.05) is 4.72 Å². The first-order chi connectivity index (χ1) is 15.3. The molecule has 32 heavy (non-hydrogen) atoms. The molecule has 1 N–H and O–H groups in total. The Balaban J connectivity index is 1.59. The SMILES string of the molecule is CCn1c(=NC(=O)c2ccc(NS(=O)(=O)c3ccc(C)cc3)cc2)sc2cc(F)ccc21. The molecule has 1 heterocycles. The number of hydrogen-bond donors (Lipinski definition) is 1. The lowest BCUT2D eigenvalue weighted by Crippen LogP contribution is -2.16. The van der Waals surface area contributed by atoms with Crippen LogP contribution in [-0.2, 0) is 16.6 Å². The summed E-state index contributed by atoms with van der Waals surface area (Å²) in [5.41, 5.74) is 2.42. The number of thiazole rings is 1. The van der Waals surface area contributed by atoms with Crippen LogP contribution in [0.5, 0.6) is 0 Å². The Morgan fingerprint density at radius 2 is 1.75 bits per heavy atom. The molecule has 3 aromatic carbocycles. The Morgan fingerprint density at radius 1 is 1.06 bits per heavy atom. The number of fused-ring (bicyclic) bond motifs is 1. The van der Waals surface area contributed by atoms with E-state index in [1.165, 1.54) is 59.9 Å². The molecule has 0 aliphatic heterocycles. The number of rotatable bonds is 5. The van der Waals surface area contributed by atoms with Crippen LogP contribution >= 0.6 is 11.3 Å². The summed E-state index contributed by atoms with van der Waals surface area (Å²) in [6.45, 7) is 4.38. The Hall–Kier alpha value is -3.30. The summed E-state index contributed by atoms with van der Waals surface area (Å²) < 4.78 is 43.7. The van der Waals surface area contributed by atoms with Crippen molar-refractivity contribution in [1.82, 2.24) is 4.57 Å². The Kier molecular flexibility index (Phi) is 5.94. The van der Waals surface area contributed by atoms with Crippen LogP contribution < -0.4 is 9.52 Å². The van der Waals surface area contributed by atoms with Gasteiger partial charge in [-0.2, -0.15) is 4.99 Å². The van der Waals surface area contributed by atoms with Crippen molar-refractivity contribution in [1.29, 1.82) is 0 Å². The van der Waals surface area contributed by atoms with Gasteiger partial charge in [-0.3, -0.25) is 9.52 Å². The van der Waals surface area contributed by atoms with Crippen LogP contribution in [0.2, 0.25) is 0 Å². The molecule has 1 amide bonds. The molecule has 6 nitrogen and oxygen atoms in total. The topological polar surface area (TPSA) is 80.5 Å². The van der Waals surface area contributed by atoms with Crippen LogP contribution in [-0.4, -0.2) is 18.9 Å². The Morgan fingerprint density at radius 3 is 2.41 bits per heavy atom. The molecule has 4 rings (SSSR count). The van der Waals surface area contributed by atoms with Gasteiger partial charge in [0.2, 0.25) is 0 Å². The number of hydrogen-bond acceptors (Lipinski definition) is 4. The number of halogens is 1. The molecule has 0 aliphatic carbocycles. The minimum Gasteiger partial charge on any atom is -0.317 e. The van der Waals surface area contributed by atoms with E-state index in [1.807, 2.05) is 18.4 Å². The van der Waals surface area contributed by atoms with Gasteiger partial charge in [0.25, 0.3) is 15.9 Å². The first-order valence-electron chi connectivity index (χ1n) is 9.84.